The van der Waals surface area contributed by atoms with Crippen molar-refractivity contribution in [3.63, 3.8) is 0 Å². The number of ether oxygens (including phenoxy) is 1. The van der Waals surface area contributed by atoms with E-state index in [0.717, 1.165) is 26.2 Å². The van der Waals surface area contributed by atoms with Gasteiger partial charge in [-0.05, 0) is 23.9 Å². The number of hydrogen-bond acceptors (Lipinski definition) is 2. The van der Waals surface area contributed by atoms with Crippen LogP contribution in [0.5, 0.6) is 0 Å². The molecule has 5 rings (SSSR count). The molecule has 3 fully saturated rings. The Hall–Kier alpha value is -1.81. The van der Waals surface area contributed by atoms with Crippen LogP contribution < -0.4 is 0 Å². The number of aryl methyl sites for hydroxylation is 1. The number of hydrogen-bond donors (Lipinski definition) is 0. The Kier molecular flexibility index (Phi) is 4.78. The van der Waals surface area contributed by atoms with Crippen LogP contribution in [0.2, 0.25) is 0 Å². The van der Waals surface area contributed by atoms with Crippen molar-refractivity contribution in [1.82, 2.24) is 9.47 Å². The van der Waals surface area contributed by atoms with E-state index < -0.39 is 0 Å². The quantitative estimate of drug-likeness (QED) is 0.642. The van der Waals surface area contributed by atoms with E-state index in [2.05, 4.69) is 48.0 Å². The molecule has 0 spiro atoms. The molecular weight excluding hydrogens is 276 g/mol. The number of fused-ring (bicyclic) bond motifs is 3. The summed E-state index contributed by atoms with van der Waals surface area (Å²) in [5.41, 5.74) is 1.36. The van der Waals surface area contributed by atoms with E-state index in [-0.39, 0.29) is 12.0 Å². The van der Waals surface area contributed by atoms with Gasteiger partial charge in [0.1, 0.15) is 0 Å². The molecule has 1 atom stereocenters. The van der Waals surface area contributed by atoms with Crippen molar-refractivity contribution in [2.24, 2.45) is 0 Å². The van der Waals surface area contributed by atoms with Gasteiger partial charge in [-0.15, -0.1) is 0 Å². The third-order valence-electron chi connectivity index (χ3n) is 4.34. The molecule has 3 aliphatic rings. The third-order valence-corrected chi connectivity index (χ3v) is 4.34. The number of para-hydroxylation sites is 1. The van der Waals surface area contributed by atoms with Crippen molar-refractivity contribution in [3.05, 3.63) is 36.5 Å². The highest BCUT2D eigenvalue weighted by Crippen LogP contribution is 2.18. The smallest absolute Gasteiger partial charge is 0.253 e. The van der Waals surface area contributed by atoms with Crippen LogP contribution in [0.3, 0.4) is 0 Å². The predicted octanol–water partition coefficient (Wildman–Crippen LogP) is 3.06. The van der Waals surface area contributed by atoms with Crippen LogP contribution in [0, 0.1) is 0 Å². The lowest BCUT2D eigenvalue weighted by Gasteiger charge is -2.42. The minimum atomic E-state index is -0.0660. The molecule has 2 bridgehead atoms. The summed E-state index contributed by atoms with van der Waals surface area (Å²) in [4.78, 5) is 12.5. The summed E-state index contributed by atoms with van der Waals surface area (Å²) in [5.74, 6) is 0.177. The van der Waals surface area contributed by atoms with Gasteiger partial charge in [0.25, 0.3) is 5.91 Å². The van der Waals surface area contributed by atoms with Crippen LogP contribution in [-0.2, 0) is 16.1 Å². The Morgan fingerprint density at radius 3 is 2.73 bits per heavy atom. The largest absolute Gasteiger partial charge is 0.365 e. The van der Waals surface area contributed by atoms with Gasteiger partial charge < -0.3 is 14.2 Å². The first-order chi connectivity index (χ1) is 10.8. The number of aromatic nitrogens is 1. The van der Waals surface area contributed by atoms with Gasteiger partial charge in [0.15, 0.2) is 6.10 Å². The molecule has 4 heterocycles. The van der Waals surface area contributed by atoms with Crippen LogP contribution in [-0.4, -0.2) is 41.2 Å². The van der Waals surface area contributed by atoms with E-state index in [1.165, 1.54) is 30.2 Å². The molecule has 1 aromatic carbocycles. The zero-order chi connectivity index (χ0) is 15.4. The van der Waals surface area contributed by atoms with Gasteiger partial charge in [-0.2, -0.15) is 0 Å². The van der Waals surface area contributed by atoms with E-state index in [1.54, 1.807) is 0 Å². The van der Waals surface area contributed by atoms with Crippen molar-refractivity contribution in [2.75, 3.05) is 19.7 Å². The molecule has 0 saturated carbocycles. The second-order valence-corrected chi connectivity index (χ2v) is 5.92. The Morgan fingerprint density at radius 2 is 2.09 bits per heavy atom. The summed E-state index contributed by atoms with van der Waals surface area (Å²) in [5, 5.41) is 1.35. The number of β-lactam (4-membered cyclic amide) rings is 1. The summed E-state index contributed by atoms with van der Waals surface area (Å²) < 4.78 is 7.42. The van der Waals surface area contributed by atoms with Gasteiger partial charge in [0.05, 0.1) is 13.2 Å². The molecule has 4 heteroatoms. The molecule has 1 unspecified atom stereocenters. The standard InChI is InChI=1S/C13H17N.C5H7NO2/c1-2-3-6-10-14-11-9-12-7-4-5-8-13(12)14;7-5-4-3-6(5)1-2-8-4/h4-5,7-9,11H,2-3,6,10H2,1H3;4H,1-3H2. The van der Waals surface area contributed by atoms with Crippen molar-refractivity contribution < 1.29 is 9.53 Å². The highest BCUT2D eigenvalue weighted by Gasteiger charge is 2.40. The molecule has 1 amide bonds. The number of carbonyl (C=O) groups excluding carboxylic acids is 1. The van der Waals surface area contributed by atoms with Gasteiger partial charge in [-0.3, -0.25) is 4.79 Å². The maximum absolute atomic E-state index is 10.6. The lowest BCUT2D eigenvalue weighted by atomic mass is 10.1. The molecule has 0 radical (unpaired) electrons. The predicted molar refractivity (Wildman–Crippen MR) is 87.8 cm³/mol. The first-order valence-corrected chi connectivity index (χ1v) is 8.24. The van der Waals surface area contributed by atoms with Crippen molar-refractivity contribution in [2.45, 2.75) is 38.8 Å². The number of amides is 1. The fraction of sp³-hybridized carbons (Fsp3) is 0.500. The number of morpholine rings is 2. The Balaban J connectivity index is 0.000000151. The minimum Gasteiger partial charge on any atom is -0.365 e. The molecule has 2 aromatic rings. The molecular formula is C18H24N2O2. The summed E-state index contributed by atoms with van der Waals surface area (Å²) in [6.07, 6.45) is 6.03. The van der Waals surface area contributed by atoms with Crippen molar-refractivity contribution >= 4 is 16.8 Å². The van der Waals surface area contributed by atoms with Crippen LogP contribution >= 0.6 is 0 Å². The van der Waals surface area contributed by atoms with Crippen LogP contribution in [0.15, 0.2) is 36.5 Å². The lowest BCUT2D eigenvalue weighted by Crippen LogP contribution is -2.62. The topological polar surface area (TPSA) is 34.5 Å². The summed E-state index contributed by atoms with van der Waals surface area (Å²) >= 11 is 0. The normalized spacial score (nSPS) is 19.6. The fourth-order valence-corrected chi connectivity index (χ4v) is 2.96. The molecule has 3 aliphatic heterocycles. The van der Waals surface area contributed by atoms with Crippen molar-refractivity contribution in [1.29, 1.82) is 0 Å². The van der Waals surface area contributed by atoms with Gasteiger partial charge >= 0.3 is 0 Å². The summed E-state index contributed by atoms with van der Waals surface area (Å²) in [7, 11) is 0. The van der Waals surface area contributed by atoms with Crippen LogP contribution in [0.25, 0.3) is 10.9 Å². The average molecular weight is 300 g/mol. The zero-order valence-electron chi connectivity index (χ0n) is 13.2. The monoisotopic (exact) mass is 300 g/mol. The molecule has 118 valence electrons. The average Bonchev–Trinajstić information content (AvgIpc) is 2.99. The second-order valence-electron chi connectivity index (χ2n) is 5.92. The van der Waals surface area contributed by atoms with Gasteiger partial charge in [-0.25, -0.2) is 0 Å². The molecule has 0 aliphatic carbocycles. The lowest BCUT2D eigenvalue weighted by molar-refractivity contribution is -0.176. The molecule has 22 heavy (non-hydrogen) atoms. The molecule has 4 nitrogen and oxygen atoms in total. The fourth-order valence-electron chi connectivity index (χ4n) is 2.96. The van der Waals surface area contributed by atoms with E-state index in [4.69, 9.17) is 4.74 Å². The maximum atomic E-state index is 10.6. The first kappa shape index (κ1) is 15.1. The number of nitrogens with zero attached hydrogens (tertiary/aromatic N) is 2. The van der Waals surface area contributed by atoms with Crippen LogP contribution in [0.1, 0.15) is 26.2 Å². The zero-order valence-corrected chi connectivity index (χ0v) is 13.2. The van der Waals surface area contributed by atoms with Gasteiger partial charge in [0.2, 0.25) is 0 Å². The first-order valence-electron chi connectivity index (χ1n) is 8.24. The van der Waals surface area contributed by atoms with E-state index in [0.29, 0.717) is 0 Å². The van der Waals surface area contributed by atoms with Gasteiger partial charge in [0, 0.05) is 24.8 Å². The summed E-state index contributed by atoms with van der Waals surface area (Å²) in [6, 6.07) is 10.8. The Labute approximate surface area is 131 Å². The number of rotatable bonds is 4. The highest BCUT2D eigenvalue weighted by atomic mass is 16.5. The molecule has 0 N–H and O–H groups in total. The number of carbonyl (C=O) groups is 1. The van der Waals surface area contributed by atoms with E-state index in [1.807, 2.05) is 4.90 Å². The number of benzene rings is 1. The maximum Gasteiger partial charge on any atom is 0.253 e. The Bertz CT molecular complexity index is 619. The van der Waals surface area contributed by atoms with E-state index >= 15 is 0 Å². The number of unbranched alkanes of at least 4 members (excludes halogenated alkanes) is 2. The Morgan fingerprint density at radius 1 is 1.23 bits per heavy atom. The highest BCUT2D eigenvalue weighted by molar-refractivity contribution is 5.87. The second kappa shape index (κ2) is 6.97. The van der Waals surface area contributed by atoms with Gasteiger partial charge in [-0.1, -0.05) is 38.0 Å². The minimum absolute atomic E-state index is 0.0660. The molecule has 3 saturated heterocycles. The van der Waals surface area contributed by atoms with Crippen LogP contribution in [0.4, 0.5) is 0 Å². The van der Waals surface area contributed by atoms with Crippen molar-refractivity contribution in [3.8, 4) is 0 Å². The third kappa shape index (κ3) is 3.17. The SMILES string of the molecule is CCCCCn1ccc2ccccc21.O=C1C2CN1CCO2. The molecule has 1 aromatic heterocycles. The van der Waals surface area contributed by atoms with E-state index in [9.17, 15) is 4.79 Å². The summed E-state index contributed by atoms with van der Waals surface area (Å²) in [6.45, 7) is 5.76.